The highest BCUT2D eigenvalue weighted by Gasteiger charge is 2.34. The largest absolute Gasteiger partial charge is 0.453 e. The van der Waals surface area contributed by atoms with Crippen molar-refractivity contribution in [2.45, 2.75) is 76.9 Å². The fourth-order valence-electron chi connectivity index (χ4n) is 6.55. The number of nitrogens with zero attached hydrogens (tertiary/aromatic N) is 2. The zero-order chi connectivity index (χ0) is 32.9. The number of ether oxygens (including phenoxy) is 3. The van der Waals surface area contributed by atoms with Crippen LogP contribution in [-0.2, 0) is 37.0 Å². The minimum atomic E-state index is -0.863. The van der Waals surface area contributed by atoms with Crippen LogP contribution in [0.25, 0.3) is 11.0 Å². The predicted octanol–water partition coefficient (Wildman–Crippen LogP) is 4.27. The third kappa shape index (κ3) is 7.82. The number of H-pyrrole nitrogens is 1. The highest BCUT2D eigenvalue weighted by molar-refractivity contribution is 5.82. The average Bonchev–Trinajstić information content (AvgIpc) is 3.43. The molecule has 0 saturated carbocycles. The number of carbonyl (C=O) groups is 2. The van der Waals surface area contributed by atoms with Gasteiger partial charge in [-0.05, 0) is 48.6 Å². The summed E-state index contributed by atoms with van der Waals surface area (Å²) in [6, 6.07) is 23.6. The fourth-order valence-corrected chi connectivity index (χ4v) is 6.55. The number of likely N-dealkylation sites (tertiary alicyclic amines) is 1. The van der Waals surface area contributed by atoms with Gasteiger partial charge in [-0.15, -0.1) is 0 Å². The molecule has 0 bridgehead atoms. The predicted molar refractivity (Wildman–Crippen MR) is 175 cm³/mol. The lowest BCUT2D eigenvalue weighted by molar-refractivity contribution is -0.253. The number of piperidine rings is 1. The molecule has 11 heteroatoms. The Balaban J connectivity index is 1.12. The van der Waals surface area contributed by atoms with Crippen molar-refractivity contribution in [3.63, 3.8) is 0 Å². The van der Waals surface area contributed by atoms with Crippen LogP contribution in [0.5, 0.6) is 0 Å². The third-order valence-electron chi connectivity index (χ3n) is 9.05. The number of benzene rings is 3. The van der Waals surface area contributed by atoms with E-state index in [4.69, 9.17) is 14.2 Å². The van der Waals surface area contributed by atoms with Crippen LogP contribution in [0, 0.1) is 0 Å². The van der Waals surface area contributed by atoms with Gasteiger partial charge in [0.2, 0.25) is 0 Å². The number of aromatic amines is 1. The van der Waals surface area contributed by atoms with E-state index in [2.05, 4.69) is 15.2 Å². The number of aliphatic hydroxyl groups is 1. The molecule has 47 heavy (non-hydrogen) atoms. The fraction of sp³-hybridized carbons (Fsp3) is 0.417. The number of carbonyl (C=O) groups excluding carboxylic acids is 2. The maximum absolute atomic E-state index is 12.8. The van der Waals surface area contributed by atoms with E-state index in [-0.39, 0.29) is 36.5 Å². The minimum absolute atomic E-state index is 0.0176. The second kappa shape index (κ2) is 14.6. The summed E-state index contributed by atoms with van der Waals surface area (Å²) in [6.07, 6.45) is 0.683. The lowest BCUT2D eigenvalue weighted by atomic mass is 9.98. The van der Waals surface area contributed by atoms with Crippen LogP contribution in [-0.4, -0.2) is 63.3 Å². The van der Waals surface area contributed by atoms with E-state index in [1.807, 2.05) is 77.4 Å². The Bertz CT molecular complexity index is 1720. The van der Waals surface area contributed by atoms with E-state index < -0.39 is 18.4 Å². The Morgan fingerprint density at radius 3 is 2.36 bits per heavy atom. The molecular weight excluding hydrogens is 600 g/mol. The van der Waals surface area contributed by atoms with Crippen LogP contribution >= 0.6 is 0 Å². The Kier molecular flexibility index (Phi) is 10.2. The molecule has 3 heterocycles. The van der Waals surface area contributed by atoms with Gasteiger partial charge in [-0.2, -0.15) is 0 Å². The van der Waals surface area contributed by atoms with Gasteiger partial charge in [-0.1, -0.05) is 60.7 Å². The smallest absolute Gasteiger partial charge is 0.326 e. The molecular formula is C36H42N4O7. The van der Waals surface area contributed by atoms with E-state index in [9.17, 15) is 19.5 Å². The second-order valence-electron chi connectivity index (χ2n) is 12.4. The number of amides is 1. The number of aromatic nitrogens is 2. The first-order chi connectivity index (χ1) is 22.8. The quantitative estimate of drug-likeness (QED) is 0.218. The van der Waals surface area contributed by atoms with Gasteiger partial charge in [-0.3, -0.25) is 14.2 Å². The Labute approximate surface area is 273 Å². The van der Waals surface area contributed by atoms with E-state index in [0.717, 1.165) is 65.8 Å². The maximum Gasteiger partial charge on any atom is 0.326 e. The summed E-state index contributed by atoms with van der Waals surface area (Å²) in [7, 11) is 0. The van der Waals surface area contributed by atoms with Crippen molar-refractivity contribution in [1.82, 2.24) is 19.8 Å². The molecule has 2 fully saturated rings. The Morgan fingerprint density at radius 2 is 1.66 bits per heavy atom. The van der Waals surface area contributed by atoms with Gasteiger partial charge in [0.15, 0.2) is 12.4 Å². The number of nitrogens with one attached hydrogen (secondary N) is 2. The molecule has 3 N–H and O–H groups in total. The van der Waals surface area contributed by atoms with Gasteiger partial charge in [0.1, 0.15) is 0 Å². The van der Waals surface area contributed by atoms with Gasteiger partial charge in [0.05, 0.1) is 29.8 Å². The van der Waals surface area contributed by atoms with Crippen molar-refractivity contribution in [3.8, 4) is 0 Å². The minimum Gasteiger partial charge on any atom is -0.453 e. The van der Waals surface area contributed by atoms with Crippen molar-refractivity contribution in [3.05, 3.63) is 106 Å². The highest BCUT2D eigenvalue weighted by atomic mass is 16.7. The van der Waals surface area contributed by atoms with Crippen molar-refractivity contribution < 1.29 is 28.9 Å². The third-order valence-corrected chi connectivity index (χ3v) is 9.05. The normalized spacial score (nSPS) is 21.4. The number of hydrogen-bond donors (Lipinski definition) is 3. The first-order valence-electron chi connectivity index (χ1n) is 16.2. The van der Waals surface area contributed by atoms with Gasteiger partial charge in [-0.25, -0.2) is 4.79 Å². The first kappa shape index (κ1) is 32.6. The zero-order valence-electron chi connectivity index (χ0n) is 26.8. The summed E-state index contributed by atoms with van der Waals surface area (Å²) in [4.78, 5) is 41.6. The van der Waals surface area contributed by atoms with Crippen LogP contribution in [0.4, 0.5) is 0 Å². The van der Waals surface area contributed by atoms with Crippen molar-refractivity contribution in [2.24, 2.45) is 0 Å². The number of para-hydroxylation sites is 2. The summed E-state index contributed by atoms with van der Waals surface area (Å²) < 4.78 is 19.9. The van der Waals surface area contributed by atoms with Gasteiger partial charge in [0, 0.05) is 51.1 Å². The molecule has 2 saturated heterocycles. The summed E-state index contributed by atoms with van der Waals surface area (Å²) >= 11 is 0. The standard InChI is InChI=1S/C36H42N4O7/c1-23(45-24(2)42)34(43)37-20-25-7-13-28(14-8-25)35-46-30(19-33(47-35)27-11-9-26(22-41)10-12-27)21-39-17-15-29(16-18-39)40-32-6-4-3-5-31(32)38-36(40)44/h3-14,23,29-30,33,35,41H,15-22H2,1-2H3,(H,37,43)(H,38,44). The van der Waals surface area contributed by atoms with E-state index in [1.54, 1.807) is 0 Å². The monoisotopic (exact) mass is 642 g/mol. The number of fused-ring (bicyclic) bond motifs is 1. The molecule has 2 aliphatic heterocycles. The summed E-state index contributed by atoms with van der Waals surface area (Å²) in [5.74, 6) is -0.865. The molecule has 4 aromatic rings. The van der Waals surface area contributed by atoms with Crippen LogP contribution < -0.4 is 11.0 Å². The van der Waals surface area contributed by atoms with Crippen LogP contribution in [0.3, 0.4) is 0 Å². The summed E-state index contributed by atoms with van der Waals surface area (Å²) in [5.41, 5.74) is 5.39. The molecule has 0 spiro atoms. The van der Waals surface area contributed by atoms with Crippen LogP contribution in [0.2, 0.25) is 0 Å². The summed E-state index contributed by atoms with van der Waals surface area (Å²) in [6.45, 7) is 5.54. The lowest BCUT2D eigenvalue weighted by Gasteiger charge is -2.40. The second-order valence-corrected chi connectivity index (χ2v) is 12.4. The number of hydrogen-bond acceptors (Lipinski definition) is 8. The van der Waals surface area contributed by atoms with E-state index in [0.29, 0.717) is 13.0 Å². The average molecular weight is 643 g/mol. The maximum atomic E-state index is 12.8. The first-order valence-corrected chi connectivity index (χ1v) is 16.2. The Hall–Kier alpha value is -4.29. The number of esters is 1. The number of rotatable bonds is 10. The molecule has 11 nitrogen and oxygen atoms in total. The number of imidazole rings is 1. The van der Waals surface area contributed by atoms with Crippen LogP contribution in [0.1, 0.15) is 73.8 Å². The van der Waals surface area contributed by atoms with Crippen molar-refractivity contribution in [1.29, 1.82) is 0 Å². The summed E-state index contributed by atoms with van der Waals surface area (Å²) in [5, 5.41) is 12.3. The molecule has 6 rings (SSSR count). The molecule has 3 aromatic carbocycles. The van der Waals surface area contributed by atoms with Gasteiger partial charge < -0.3 is 34.5 Å². The molecule has 1 amide bonds. The van der Waals surface area contributed by atoms with Crippen molar-refractivity contribution >= 4 is 22.9 Å². The van der Waals surface area contributed by atoms with Crippen molar-refractivity contribution in [2.75, 3.05) is 19.6 Å². The molecule has 2 aliphatic rings. The molecule has 0 radical (unpaired) electrons. The molecule has 0 aliphatic carbocycles. The molecule has 248 valence electrons. The zero-order valence-corrected chi connectivity index (χ0v) is 26.8. The SMILES string of the molecule is CC(=O)OC(C)C(=O)NCc1ccc(C2OC(CN3CCC(n4c(=O)[nH]c5ccccc54)CC3)CC(c3ccc(CO)cc3)O2)cc1. The Morgan fingerprint density at radius 1 is 0.979 bits per heavy atom. The lowest BCUT2D eigenvalue weighted by Crippen LogP contribution is -2.43. The molecule has 4 atom stereocenters. The van der Waals surface area contributed by atoms with E-state index >= 15 is 0 Å². The van der Waals surface area contributed by atoms with Crippen LogP contribution in [0.15, 0.2) is 77.6 Å². The van der Waals surface area contributed by atoms with Gasteiger partial charge in [0.25, 0.3) is 5.91 Å². The number of aliphatic hydroxyl groups excluding tert-OH is 1. The molecule has 1 aromatic heterocycles. The highest BCUT2D eigenvalue weighted by Crippen LogP contribution is 2.38. The molecule has 4 unspecified atom stereocenters. The topological polar surface area (TPSA) is 135 Å². The van der Waals surface area contributed by atoms with E-state index in [1.165, 1.54) is 13.8 Å². The van der Waals surface area contributed by atoms with Gasteiger partial charge >= 0.3 is 11.7 Å².